The topological polar surface area (TPSA) is 67.8 Å². The Morgan fingerprint density at radius 3 is 2.89 bits per heavy atom. The first kappa shape index (κ1) is 13.1. The van der Waals surface area contributed by atoms with E-state index in [-0.39, 0.29) is 5.91 Å². The highest BCUT2D eigenvalue weighted by molar-refractivity contribution is 7.13. The van der Waals surface area contributed by atoms with E-state index in [0.717, 1.165) is 16.3 Å². The maximum atomic E-state index is 12.1. The standard InChI is InChI=1S/C11H14N4OS2/c1-6(2)4-8-9(13-7(3)18-8)10(16)14-11-15-12-5-17-11/h5-6H,4H2,1-3H3,(H,14,15,16). The zero-order valence-electron chi connectivity index (χ0n) is 10.4. The molecule has 1 N–H and O–H groups in total. The predicted octanol–water partition coefficient (Wildman–Crippen LogP) is 2.75. The van der Waals surface area contributed by atoms with Crippen molar-refractivity contribution in [1.82, 2.24) is 15.2 Å². The van der Waals surface area contributed by atoms with Crippen LogP contribution in [0.15, 0.2) is 5.51 Å². The minimum absolute atomic E-state index is 0.202. The third-order valence-electron chi connectivity index (χ3n) is 2.19. The number of nitrogens with zero attached hydrogens (tertiary/aromatic N) is 3. The first-order chi connectivity index (χ1) is 8.56. The van der Waals surface area contributed by atoms with Crippen molar-refractivity contribution < 1.29 is 4.79 Å². The number of hydrogen-bond acceptors (Lipinski definition) is 6. The van der Waals surface area contributed by atoms with Crippen LogP contribution in [0.2, 0.25) is 0 Å². The van der Waals surface area contributed by atoms with E-state index in [1.165, 1.54) is 11.3 Å². The minimum Gasteiger partial charge on any atom is -0.295 e. The summed E-state index contributed by atoms with van der Waals surface area (Å²) in [6, 6.07) is 0. The molecule has 2 aromatic rings. The lowest BCUT2D eigenvalue weighted by atomic mass is 10.1. The fraction of sp³-hybridized carbons (Fsp3) is 0.455. The van der Waals surface area contributed by atoms with E-state index in [0.29, 0.717) is 16.7 Å². The Labute approximate surface area is 113 Å². The fourth-order valence-electron chi connectivity index (χ4n) is 1.54. The van der Waals surface area contributed by atoms with Gasteiger partial charge in [0.15, 0.2) is 0 Å². The fourth-order valence-corrected chi connectivity index (χ4v) is 3.12. The molecule has 0 spiro atoms. The molecule has 96 valence electrons. The Bertz CT molecular complexity index is 533. The van der Waals surface area contributed by atoms with E-state index in [4.69, 9.17) is 0 Å². The Morgan fingerprint density at radius 2 is 2.28 bits per heavy atom. The maximum Gasteiger partial charge on any atom is 0.277 e. The number of carbonyl (C=O) groups is 1. The Morgan fingerprint density at radius 1 is 1.50 bits per heavy atom. The molecule has 0 atom stereocenters. The van der Waals surface area contributed by atoms with Crippen LogP contribution >= 0.6 is 22.7 Å². The van der Waals surface area contributed by atoms with Crippen LogP contribution in [0.4, 0.5) is 5.13 Å². The molecule has 0 aliphatic carbocycles. The summed E-state index contributed by atoms with van der Waals surface area (Å²) in [7, 11) is 0. The summed E-state index contributed by atoms with van der Waals surface area (Å²) in [6.45, 7) is 6.17. The van der Waals surface area contributed by atoms with Gasteiger partial charge in [-0.3, -0.25) is 10.1 Å². The van der Waals surface area contributed by atoms with Crippen molar-refractivity contribution in [3.63, 3.8) is 0 Å². The lowest BCUT2D eigenvalue weighted by molar-refractivity contribution is 0.102. The van der Waals surface area contributed by atoms with Crippen molar-refractivity contribution in [2.75, 3.05) is 5.32 Å². The third kappa shape index (κ3) is 3.11. The lowest BCUT2D eigenvalue weighted by Crippen LogP contribution is -2.14. The van der Waals surface area contributed by atoms with Crippen LogP contribution in [0.25, 0.3) is 0 Å². The quantitative estimate of drug-likeness (QED) is 0.936. The summed E-state index contributed by atoms with van der Waals surface area (Å²) in [6.07, 6.45) is 0.865. The number of aryl methyl sites for hydroxylation is 1. The van der Waals surface area contributed by atoms with Gasteiger partial charge in [0, 0.05) is 4.88 Å². The number of amides is 1. The third-order valence-corrected chi connectivity index (χ3v) is 3.79. The molecular weight excluding hydrogens is 268 g/mol. The second-order valence-corrected chi connectivity index (χ2v) is 6.42. The molecule has 0 bridgehead atoms. The predicted molar refractivity (Wildman–Crippen MR) is 73.3 cm³/mol. The average Bonchev–Trinajstić information content (AvgIpc) is 2.87. The maximum absolute atomic E-state index is 12.1. The normalized spacial score (nSPS) is 10.9. The van der Waals surface area contributed by atoms with Crippen LogP contribution in [-0.2, 0) is 6.42 Å². The van der Waals surface area contributed by atoms with Crippen molar-refractivity contribution in [3.05, 3.63) is 21.1 Å². The number of rotatable bonds is 4. The molecule has 0 saturated heterocycles. The summed E-state index contributed by atoms with van der Waals surface area (Å²) in [5, 5.41) is 11.6. The highest BCUT2D eigenvalue weighted by atomic mass is 32.1. The average molecular weight is 282 g/mol. The molecule has 2 aromatic heterocycles. The zero-order valence-corrected chi connectivity index (χ0v) is 12.1. The molecule has 0 aliphatic heterocycles. The van der Waals surface area contributed by atoms with E-state index < -0.39 is 0 Å². The number of hydrogen-bond donors (Lipinski definition) is 1. The van der Waals surface area contributed by atoms with Gasteiger partial charge in [-0.25, -0.2) is 4.98 Å². The van der Waals surface area contributed by atoms with Crippen molar-refractivity contribution in [2.45, 2.75) is 27.2 Å². The number of carbonyl (C=O) groups excluding carboxylic acids is 1. The molecule has 0 radical (unpaired) electrons. The number of aromatic nitrogens is 3. The van der Waals surface area contributed by atoms with Gasteiger partial charge in [-0.1, -0.05) is 25.2 Å². The van der Waals surface area contributed by atoms with E-state index in [1.54, 1.807) is 16.8 Å². The Balaban J connectivity index is 2.18. The molecule has 0 aliphatic rings. The van der Waals surface area contributed by atoms with E-state index in [1.807, 2.05) is 6.92 Å². The van der Waals surface area contributed by atoms with Gasteiger partial charge in [0.1, 0.15) is 11.2 Å². The second kappa shape index (κ2) is 5.53. The molecule has 0 saturated carbocycles. The van der Waals surface area contributed by atoms with Gasteiger partial charge >= 0.3 is 0 Å². The van der Waals surface area contributed by atoms with E-state index in [2.05, 4.69) is 34.3 Å². The number of nitrogens with one attached hydrogen (secondary N) is 1. The van der Waals surface area contributed by atoms with Gasteiger partial charge in [-0.2, -0.15) is 0 Å². The SMILES string of the molecule is Cc1nc(C(=O)Nc2nncs2)c(CC(C)C)s1. The molecule has 7 heteroatoms. The summed E-state index contributed by atoms with van der Waals surface area (Å²) in [4.78, 5) is 17.4. The van der Waals surface area contributed by atoms with E-state index in [9.17, 15) is 4.79 Å². The van der Waals surface area contributed by atoms with Gasteiger partial charge < -0.3 is 0 Å². The summed E-state index contributed by atoms with van der Waals surface area (Å²) >= 11 is 2.87. The molecule has 5 nitrogen and oxygen atoms in total. The summed E-state index contributed by atoms with van der Waals surface area (Å²) < 4.78 is 0. The van der Waals surface area contributed by atoms with Crippen molar-refractivity contribution in [2.24, 2.45) is 5.92 Å². The minimum atomic E-state index is -0.202. The first-order valence-electron chi connectivity index (χ1n) is 5.60. The van der Waals surface area contributed by atoms with Crippen molar-refractivity contribution in [1.29, 1.82) is 0 Å². The Kier molecular flexibility index (Phi) is 4.03. The van der Waals surface area contributed by atoms with E-state index >= 15 is 0 Å². The molecule has 0 aromatic carbocycles. The molecule has 0 unspecified atom stereocenters. The molecule has 0 fully saturated rings. The highest BCUT2D eigenvalue weighted by Crippen LogP contribution is 2.22. The summed E-state index contributed by atoms with van der Waals surface area (Å²) in [5.41, 5.74) is 2.10. The summed E-state index contributed by atoms with van der Waals surface area (Å²) in [5.74, 6) is 0.296. The number of anilines is 1. The second-order valence-electron chi connectivity index (χ2n) is 4.30. The molecule has 2 heterocycles. The lowest BCUT2D eigenvalue weighted by Gasteiger charge is -2.04. The van der Waals surface area contributed by atoms with Crippen molar-refractivity contribution >= 4 is 33.7 Å². The largest absolute Gasteiger partial charge is 0.295 e. The van der Waals surface area contributed by atoms with Crippen LogP contribution in [0.1, 0.15) is 34.2 Å². The van der Waals surface area contributed by atoms with Crippen LogP contribution in [0, 0.1) is 12.8 Å². The van der Waals surface area contributed by atoms with Gasteiger partial charge in [-0.05, 0) is 19.3 Å². The van der Waals surface area contributed by atoms with Crippen LogP contribution < -0.4 is 5.32 Å². The monoisotopic (exact) mass is 282 g/mol. The smallest absolute Gasteiger partial charge is 0.277 e. The van der Waals surface area contributed by atoms with Gasteiger partial charge in [0.05, 0.1) is 5.01 Å². The Hall–Kier alpha value is -1.34. The van der Waals surface area contributed by atoms with Crippen LogP contribution in [-0.4, -0.2) is 21.1 Å². The number of thiazole rings is 1. The first-order valence-corrected chi connectivity index (χ1v) is 7.29. The zero-order chi connectivity index (χ0) is 13.1. The van der Waals surface area contributed by atoms with Gasteiger partial charge in [0.2, 0.25) is 5.13 Å². The highest BCUT2D eigenvalue weighted by Gasteiger charge is 2.18. The molecule has 1 amide bonds. The molecule has 18 heavy (non-hydrogen) atoms. The van der Waals surface area contributed by atoms with Crippen molar-refractivity contribution in [3.8, 4) is 0 Å². The van der Waals surface area contributed by atoms with Gasteiger partial charge in [0.25, 0.3) is 5.91 Å². The van der Waals surface area contributed by atoms with Gasteiger partial charge in [-0.15, -0.1) is 21.5 Å². The molecular formula is C11H14N4OS2. The van der Waals surface area contributed by atoms with Crippen LogP contribution in [0.3, 0.4) is 0 Å². The van der Waals surface area contributed by atoms with Crippen LogP contribution in [0.5, 0.6) is 0 Å². The molecule has 2 rings (SSSR count).